The summed E-state index contributed by atoms with van der Waals surface area (Å²) in [6.45, 7) is 12.5. The third kappa shape index (κ3) is 3.20. The topological polar surface area (TPSA) is 74.8 Å². The van der Waals surface area contributed by atoms with Gasteiger partial charge in [0.1, 0.15) is 10.8 Å². The Morgan fingerprint density at radius 3 is 2.67 bits per heavy atom. The van der Waals surface area contributed by atoms with Crippen molar-refractivity contribution in [3.8, 4) is 0 Å². The summed E-state index contributed by atoms with van der Waals surface area (Å²) in [4.78, 5) is 23.1. The van der Waals surface area contributed by atoms with Crippen LogP contribution in [0.4, 0.5) is 5.13 Å². The molecule has 4 rings (SSSR count). The van der Waals surface area contributed by atoms with E-state index in [0.717, 1.165) is 66.0 Å². The highest BCUT2D eigenvalue weighted by Gasteiger charge is 2.45. The van der Waals surface area contributed by atoms with Crippen LogP contribution < -0.4 is 10.5 Å². The molecule has 1 atom stereocenters. The van der Waals surface area contributed by atoms with Crippen molar-refractivity contribution in [2.45, 2.75) is 77.0 Å². The Hall–Kier alpha value is -1.76. The number of fused-ring (bicyclic) bond motifs is 2. The maximum absolute atomic E-state index is 12.7. The smallest absolute Gasteiger partial charge is 0.254 e. The average Bonchev–Trinajstić information content (AvgIpc) is 3.21. The van der Waals surface area contributed by atoms with E-state index in [1.165, 1.54) is 0 Å². The van der Waals surface area contributed by atoms with E-state index in [9.17, 15) is 4.79 Å². The molecule has 0 radical (unpaired) electrons. The van der Waals surface area contributed by atoms with Crippen LogP contribution in [0.1, 0.15) is 81.9 Å². The van der Waals surface area contributed by atoms with Crippen molar-refractivity contribution in [1.82, 2.24) is 20.2 Å². The van der Waals surface area contributed by atoms with Crippen molar-refractivity contribution >= 4 is 16.5 Å². The van der Waals surface area contributed by atoms with Crippen LogP contribution in [0, 0.1) is 0 Å². The van der Waals surface area contributed by atoms with E-state index in [-0.39, 0.29) is 16.4 Å². The van der Waals surface area contributed by atoms with Gasteiger partial charge < -0.3 is 9.88 Å². The summed E-state index contributed by atoms with van der Waals surface area (Å²) in [5.41, 5.74) is 1.78. The highest BCUT2D eigenvalue weighted by Crippen LogP contribution is 2.44. The molecule has 2 aliphatic rings. The molecular weight excluding hydrogens is 358 g/mol. The molecule has 1 aliphatic carbocycles. The van der Waals surface area contributed by atoms with Crippen LogP contribution in [-0.4, -0.2) is 33.3 Å². The molecule has 27 heavy (non-hydrogen) atoms. The Morgan fingerprint density at radius 2 is 2.00 bits per heavy atom. The van der Waals surface area contributed by atoms with E-state index < -0.39 is 0 Å². The lowest BCUT2D eigenvalue weighted by Crippen LogP contribution is -2.46. The Kier molecular flexibility index (Phi) is 4.41. The van der Waals surface area contributed by atoms with Crippen molar-refractivity contribution in [3.05, 3.63) is 32.4 Å². The van der Waals surface area contributed by atoms with Gasteiger partial charge >= 0.3 is 0 Å². The number of anilines is 1. The number of nitrogens with one attached hydrogen (secondary N) is 1. The molecule has 0 bridgehead atoms. The summed E-state index contributed by atoms with van der Waals surface area (Å²) in [6.07, 6.45) is 4.00. The first kappa shape index (κ1) is 18.6. The molecule has 1 aliphatic heterocycles. The summed E-state index contributed by atoms with van der Waals surface area (Å²) in [6, 6.07) is 0. The van der Waals surface area contributed by atoms with E-state index >= 15 is 0 Å². The van der Waals surface area contributed by atoms with Gasteiger partial charge in [0, 0.05) is 35.4 Å². The lowest BCUT2D eigenvalue weighted by atomic mass is 9.77. The monoisotopic (exact) mass is 387 g/mol. The number of aromatic amines is 1. The molecule has 1 saturated heterocycles. The minimum absolute atomic E-state index is 0.0362. The lowest BCUT2D eigenvalue weighted by molar-refractivity contribution is 0.332. The maximum atomic E-state index is 12.7. The molecule has 2 aromatic rings. The first-order valence-electron chi connectivity index (χ1n) is 9.92. The molecule has 0 aromatic carbocycles. The van der Waals surface area contributed by atoms with Gasteiger partial charge in [-0.1, -0.05) is 46.0 Å². The van der Waals surface area contributed by atoms with Gasteiger partial charge in [0.15, 0.2) is 0 Å². The van der Waals surface area contributed by atoms with Gasteiger partial charge in [0.2, 0.25) is 5.13 Å². The fraction of sp³-hybridized carbons (Fsp3) is 0.700. The van der Waals surface area contributed by atoms with Crippen molar-refractivity contribution in [3.63, 3.8) is 0 Å². The molecular formula is C20H29N5OS. The fourth-order valence-electron chi connectivity index (χ4n) is 4.29. The number of rotatable bonds is 2. The predicted molar refractivity (Wildman–Crippen MR) is 109 cm³/mol. The zero-order valence-electron chi connectivity index (χ0n) is 16.9. The molecule has 146 valence electrons. The largest absolute Gasteiger partial charge is 0.346 e. The predicted octanol–water partition coefficient (Wildman–Crippen LogP) is 3.53. The second-order valence-corrected chi connectivity index (χ2v) is 10.4. The van der Waals surface area contributed by atoms with E-state index in [1.807, 2.05) is 0 Å². The van der Waals surface area contributed by atoms with Crippen LogP contribution in [0.25, 0.3) is 0 Å². The summed E-state index contributed by atoms with van der Waals surface area (Å²) in [7, 11) is 0. The van der Waals surface area contributed by atoms with Crippen molar-refractivity contribution in [1.29, 1.82) is 0 Å². The fourth-order valence-corrected chi connectivity index (χ4v) is 5.16. The normalized spacial score (nSPS) is 22.7. The van der Waals surface area contributed by atoms with E-state index in [4.69, 9.17) is 4.98 Å². The van der Waals surface area contributed by atoms with Crippen LogP contribution in [0.2, 0.25) is 0 Å². The molecule has 7 heteroatoms. The Morgan fingerprint density at radius 1 is 1.22 bits per heavy atom. The van der Waals surface area contributed by atoms with Gasteiger partial charge in [-0.3, -0.25) is 4.79 Å². The number of hydrogen-bond acceptors (Lipinski definition) is 6. The average molecular weight is 388 g/mol. The third-order valence-corrected chi connectivity index (χ3v) is 7.14. The van der Waals surface area contributed by atoms with E-state index in [0.29, 0.717) is 5.92 Å². The first-order valence-corrected chi connectivity index (χ1v) is 10.7. The van der Waals surface area contributed by atoms with Gasteiger partial charge in [-0.05, 0) is 25.7 Å². The van der Waals surface area contributed by atoms with Gasteiger partial charge in [-0.15, -0.1) is 10.2 Å². The molecule has 2 aromatic heterocycles. The van der Waals surface area contributed by atoms with Gasteiger partial charge in [-0.2, -0.15) is 0 Å². The van der Waals surface area contributed by atoms with Crippen LogP contribution >= 0.6 is 11.3 Å². The zero-order chi connectivity index (χ0) is 19.4. The summed E-state index contributed by atoms with van der Waals surface area (Å²) in [5, 5.41) is 10.9. The number of nitrogens with zero attached hydrogens (tertiary/aromatic N) is 4. The molecule has 1 unspecified atom stereocenters. The Labute approximate surface area is 164 Å². The molecule has 0 saturated carbocycles. The second kappa shape index (κ2) is 6.40. The van der Waals surface area contributed by atoms with E-state index in [2.05, 4.69) is 54.7 Å². The number of aromatic nitrogens is 4. The summed E-state index contributed by atoms with van der Waals surface area (Å²) >= 11 is 1.70. The highest BCUT2D eigenvalue weighted by atomic mass is 32.1. The zero-order valence-corrected chi connectivity index (χ0v) is 17.7. The van der Waals surface area contributed by atoms with Crippen molar-refractivity contribution in [2.75, 3.05) is 18.0 Å². The third-order valence-electron chi connectivity index (χ3n) is 5.85. The first-order chi connectivity index (χ1) is 12.7. The minimum Gasteiger partial charge on any atom is -0.346 e. The van der Waals surface area contributed by atoms with Crippen molar-refractivity contribution < 1.29 is 0 Å². The quantitative estimate of drug-likeness (QED) is 0.853. The number of piperidine rings is 1. The van der Waals surface area contributed by atoms with Gasteiger partial charge in [0.25, 0.3) is 5.56 Å². The Balaban J connectivity index is 1.71. The van der Waals surface area contributed by atoms with Gasteiger partial charge in [-0.25, -0.2) is 4.98 Å². The molecule has 3 heterocycles. The van der Waals surface area contributed by atoms with Crippen LogP contribution in [-0.2, 0) is 17.3 Å². The van der Waals surface area contributed by atoms with Gasteiger partial charge in [0.05, 0.1) is 5.69 Å². The van der Waals surface area contributed by atoms with Crippen molar-refractivity contribution in [2.24, 2.45) is 0 Å². The Bertz CT molecular complexity index is 910. The molecule has 0 amide bonds. The lowest BCUT2D eigenvalue weighted by Gasteiger charge is -2.40. The van der Waals surface area contributed by atoms with Crippen LogP contribution in [0.15, 0.2) is 4.79 Å². The second-order valence-electron chi connectivity index (χ2n) is 9.37. The molecule has 1 N–H and O–H groups in total. The summed E-state index contributed by atoms with van der Waals surface area (Å²) < 4.78 is 0. The molecule has 1 fully saturated rings. The standard InChI is InChI=1S/C20H29N5OS/c1-12(2)16-23-24-18(27-16)25-10-6-8-20(11-25)9-7-13-14(20)21-17(19(3,4)5)22-15(13)26/h12H,6-11H2,1-5H3,(H,21,22,26). The highest BCUT2D eigenvalue weighted by molar-refractivity contribution is 7.15. The minimum atomic E-state index is -0.169. The number of hydrogen-bond donors (Lipinski definition) is 1. The van der Waals surface area contributed by atoms with Crippen LogP contribution in [0.5, 0.6) is 0 Å². The maximum Gasteiger partial charge on any atom is 0.254 e. The number of H-pyrrole nitrogens is 1. The van der Waals surface area contributed by atoms with Crippen LogP contribution in [0.3, 0.4) is 0 Å². The van der Waals surface area contributed by atoms with E-state index in [1.54, 1.807) is 11.3 Å². The molecule has 1 spiro atoms. The molecule has 6 nitrogen and oxygen atoms in total. The SMILES string of the molecule is CC(C)c1nnc(N2CCCC3(CCc4c3nc(C(C)(C)C)[nH]c4=O)C2)s1. The summed E-state index contributed by atoms with van der Waals surface area (Å²) in [5.74, 6) is 1.19.